The Morgan fingerprint density at radius 2 is 1.78 bits per heavy atom. The van der Waals surface area contributed by atoms with Gasteiger partial charge in [-0.1, -0.05) is 13.8 Å². The van der Waals surface area contributed by atoms with E-state index in [0.717, 1.165) is 19.6 Å². The van der Waals surface area contributed by atoms with E-state index in [1.807, 2.05) is 13.8 Å². The van der Waals surface area contributed by atoms with Crippen LogP contribution in [0.2, 0.25) is 0 Å². The quantitative estimate of drug-likeness (QED) is 0.647. The predicted molar refractivity (Wildman–Crippen MR) is 72.0 cm³/mol. The average molecular weight is 279 g/mol. The van der Waals surface area contributed by atoms with E-state index in [4.69, 9.17) is 0 Å². The zero-order valence-corrected chi connectivity index (χ0v) is 12.3. The van der Waals surface area contributed by atoms with Crippen molar-refractivity contribution in [1.82, 2.24) is 14.5 Å². The third kappa shape index (κ3) is 5.19. The number of hydrogen-bond acceptors (Lipinski definition) is 5. The summed E-state index contributed by atoms with van der Waals surface area (Å²) >= 11 is 0. The zero-order chi connectivity index (χ0) is 13.8. The first-order valence-electron chi connectivity index (χ1n) is 6.37. The molecule has 0 amide bonds. The molecule has 0 spiro atoms. The summed E-state index contributed by atoms with van der Waals surface area (Å²) in [7, 11) is -3.06. The first kappa shape index (κ1) is 15.8. The Morgan fingerprint density at radius 3 is 2.17 bits per heavy atom. The van der Waals surface area contributed by atoms with Crippen LogP contribution in [0, 0.1) is 0 Å². The molecule has 1 saturated heterocycles. The first-order chi connectivity index (χ1) is 8.32. The second kappa shape index (κ2) is 6.81. The Labute approximate surface area is 110 Å². The van der Waals surface area contributed by atoms with Crippen molar-refractivity contribution in [2.24, 2.45) is 0 Å². The second-order valence-corrected chi connectivity index (χ2v) is 7.15. The molecule has 1 fully saturated rings. The van der Waals surface area contributed by atoms with Gasteiger partial charge in [0.25, 0.3) is 0 Å². The summed E-state index contributed by atoms with van der Waals surface area (Å²) in [5, 5.41) is 12.6. The van der Waals surface area contributed by atoms with Crippen LogP contribution in [-0.4, -0.2) is 80.4 Å². The predicted octanol–water partition coefficient (Wildman–Crippen LogP) is -1.08. The maximum atomic E-state index is 11.4. The van der Waals surface area contributed by atoms with Crippen LogP contribution in [0.15, 0.2) is 0 Å². The molecule has 0 aromatic heterocycles. The van der Waals surface area contributed by atoms with Crippen molar-refractivity contribution in [2.45, 2.75) is 25.9 Å². The number of sulfonamides is 1. The second-order valence-electron chi connectivity index (χ2n) is 5.16. The molecular formula is C11H25N3O3S. The third-order valence-corrected chi connectivity index (χ3v) is 4.37. The summed E-state index contributed by atoms with van der Waals surface area (Å²) in [4.78, 5) is 2.19. The van der Waals surface area contributed by atoms with Gasteiger partial charge in [0.05, 0.1) is 12.9 Å². The van der Waals surface area contributed by atoms with Gasteiger partial charge in [-0.05, 0) is 0 Å². The van der Waals surface area contributed by atoms with Gasteiger partial charge in [-0.2, -0.15) is 4.31 Å². The highest BCUT2D eigenvalue weighted by atomic mass is 32.2. The molecule has 0 bridgehead atoms. The average Bonchev–Trinajstić information content (AvgIpc) is 2.27. The SMILES string of the molecule is CC(C)NC(CO)CN1CCN(S(C)(=O)=O)CC1. The van der Waals surface area contributed by atoms with E-state index < -0.39 is 10.0 Å². The summed E-state index contributed by atoms with van der Waals surface area (Å²) in [6.45, 7) is 7.48. The lowest BCUT2D eigenvalue weighted by molar-refractivity contribution is 0.142. The number of aliphatic hydroxyl groups is 1. The molecule has 0 saturated carbocycles. The molecule has 7 heteroatoms. The molecule has 1 aliphatic rings. The maximum Gasteiger partial charge on any atom is 0.211 e. The fourth-order valence-corrected chi connectivity index (χ4v) is 3.02. The van der Waals surface area contributed by atoms with Crippen LogP contribution < -0.4 is 5.32 Å². The van der Waals surface area contributed by atoms with Crippen molar-refractivity contribution in [3.8, 4) is 0 Å². The van der Waals surface area contributed by atoms with E-state index in [9.17, 15) is 13.5 Å². The molecule has 1 unspecified atom stereocenters. The molecule has 0 aromatic carbocycles. The highest BCUT2D eigenvalue weighted by molar-refractivity contribution is 7.88. The minimum Gasteiger partial charge on any atom is -0.395 e. The summed E-state index contributed by atoms with van der Waals surface area (Å²) in [6, 6.07) is 0.384. The van der Waals surface area contributed by atoms with E-state index in [1.54, 1.807) is 0 Å². The molecule has 1 rings (SSSR count). The molecule has 0 radical (unpaired) electrons. The van der Waals surface area contributed by atoms with Crippen molar-refractivity contribution < 1.29 is 13.5 Å². The van der Waals surface area contributed by atoms with Gasteiger partial charge in [-0.25, -0.2) is 8.42 Å². The van der Waals surface area contributed by atoms with Crippen molar-refractivity contribution in [1.29, 1.82) is 0 Å². The normalized spacial score (nSPS) is 21.4. The van der Waals surface area contributed by atoms with Gasteiger partial charge in [0, 0.05) is 44.8 Å². The maximum absolute atomic E-state index is 11.4. The highest BCUT2D eigenvalue weighted by Crippen LogP contribution is 2.06. The zero-order valence-electron chi connectivity index (χ0n) is 11.5. The Balaban J connectivity index is 2.39. The van der Waals surface area contributed by atoms with Gasteiger partial charge in [0.2, 0.25) is 10.0 Å². The smallest absolute Gasteiger partial charge is 0.211 e. The molecule has 18 heavy (non-hydrogen) atoms. The molecule has 0 aliphatic carbocycles. The van der Waals surface area contributed by atoms with Gasteiger partial charge >= 0.3 is 0 Å². The molecule has 1 heterocycles. The van der Waals surface area contributed by atoms with Gasteiger partial charge in [-0.3, -0.25) is 4.90 Å². The largest absolute Gasteiger partial charge is 0.395 e. The summed E-state index contributed by atoms with van der Waals surface area (Å²) in [5.74, 6) is 0. The lowest BCUT2D eigenvalue weighted by Crippen LogP contribution is -2.53. The van der Waals surface area contributed by atoms with Crippen molar-refractivity contribution in [3.63, 3.8) is 0 Å². The number of rotatable bonds is 6. The van der Waals surface area contributed by atoms with E-state index in [2.05, 4.69) is 10.2 Å². The number of aliphatic hydroxyl groups excluding tert-OH is 1. The molecule has 1 atom stereocenters. The lowest BCUT2D eigenvalue weighted by atomic mass is 10.2. The Hall–Kier alpha value is -0.210. The van der Waals surface area contributed by atoms with E-state index in [-0.39, 0.29) is 12.6 Å². The minimum absolute atomic E-state index is 0.0507. The van der Waals surface area contributed by atoms with Crippen molar-refractivity contribution in [3.05, 3.63) is 0 Å². The van der Waals surface area contributed by atoms with Gasteiger partial charge in [-0.15, -0.1) is 0 Å². The molecule has 1 aliphatic heterocycles. The Bertz CT molecular complexity index is 337. The first-order valence-corrected chi connectivity index (χ1v) is 8.22. The number of nitrogens with one attached hydrogen (secondary N) is 1. The van der Waals surface area contributed by atoms with Gasteiger partial charge in [0.1, 0.15) is 0 Å². The standard InChI is InChI=1S/C11H25N3O3S/c1-10(2)12-11(9-15)8-13-4-6-14(7-5-13)18(3,16)17/h10-12,15H,4-9H2,1-3H3. The number of hydrogen-bond donors (Lipinski definition) is 2. The monoisotopic (exact) mass is 279 g/mol. The van der Waals surface area contributed by atoms with Gasteiger partial charge in [0.15, 0.2) is 0 Å². The fourth-order valence-electron chi connectivity index (χ4n) is 2.19. The lowest BCUT2D eigenvalue weighted by Gasteiger charge is -2.35. The van der Waals surface area contributed by atoms with E-state index >= 15 is 0 Å². The fraction of sp³-hybridized carbons (Fsp3) is 1.00. The topological polar surface area (TPSA) is 72.9 Å². The molecular weight excluding hydrogens is 254 g/mol. The van der Waals surface area contributed by atoms with E-state index in [1.165, 1.54) is 10.6 Å². The van der Waals surface area contributed by atoms with Crippen molar-refractivity contribution in [2.75, 3.05) is 45.6 Å². The third-order valence-electron chi connectivity index (χ3n) is 3.07. The Kier molecular flexibility index (Phi) is 6.00. The van der Waals surface area contributed by atoms with E-state index in [0.29, 0.717) is 19.1 Å². The number of nitrogens with zero attached hydrogens (tertiary/aromatic N) is 2. The summed E-state index contributed by atoms with van der Waals surface area (Å²) in [5.41, 5.74) is 0. The Morgan fingerprint density at radius 1 is 1.22 bits per heavy atom. The van der Waals surface area contributed by atoms with Crippen LogP contribution in [-0.2, 0) is 10.0 Å². The van der Waals surface area contributed by atoms with Crippen LogP contribution in [0.25, 0.3) is 0 Å². The molecule has 6 nitrogen and oxygen atoms in total. The van der Waals surface area contributed by atoms with Crippen LogP contribution in [0.1, 0.15) is 13.8 Å². The van der Waals surface area contributed by atoms with Crippen LogP contribution in [0.4, 0.5) is 0 Å². The minimum atomic E-state index is -3.06. The van der Waals surface area contributed by atoms with Crippen LogP contribution in [0.3, 0.4) is 0 Å². The highest BCUT2D eigenvalue weighted by Gasteiger charge is 2.24. The van der Waals surface area contributed by atoms with Crippen LogP contribution >= 0.6 is 0 Å². The molecule has 108 valence electrons. The van der Waals surface area contributed by atoms with Crippen LogP contribution in [0.5, 0.6) is 0 Å². The number of piperazine rings is 1. The van der Waals surface area contributed by atoms with Gasteiger partial charge < -0.3 is 10.4 Å². The summed E-state index contributed by atoms with van der Waals surface area (Å²) in [6.07, 6.45) is 1.25. The van der Waals surface area contributed by atoms with Crippen molar-refractivity contribution >= 4 is 10.0 Å². The molecule has 2 N–H and O–H groups in total. The summed E-state index contributed by atoms with van der Waals surface area (Å²) < 4.78 is 24.3. The molecule has 0 aromatic rings.